The molecule has 356 valence electrons. The van der Waals surface area contributed by atoms with E-state index in [-0.39, 0.29) is 49.1 Å². The monoisotopic (exact) mass is 876 g/mol. The number of hydrogen-bond donors (Lipinski definition) is 0. The number of allylic oxidation sites excluding steroid dienone is 18. The molecule has 2 unspecified atom stereocenters. The first-order valence-electron chi connectivity index (χ1n) is 24.5. The molecule has 0 aromatic heterocycles. The van der Waals surface area contributed by atoms with Gasteiger partial charge in [-0.05, 0) is 57.8 Å². The smallest absolute Gasteiger partial charge is 0.306 e. The zero-order valence-electron chi connectivity index (χ0n) is 40.4. The Morgan fingerprint density at radius 1 is 0.492 bits per heavy atom. The molecule has 0 aliphatic carbocycles. The molecule has 63 heavy (non-hydrogen) atoms. The van der Waals surface area contributed by atoms with Crippen molar-refractivity contribution in [2.45, 2.75) is 180 Å². The summed E-state index contributed by atoms with van der Waals surface area (Å²) < 4.78 is 17.2. The lowest BCUT2D eigenvalue weighted by Crippen LogP contribution is -2.55. The molecule has 0 radical (unpaired) electrons. The highest BCUT2D eigenvalue weighted by Crippen LogP contribution is 2.14. The molecule has 0 fully saturated rings. The van der Waals surface area contributed by atoms with Gasteiger partial charge in [0.2, 0.25) is 0 Å². The molecule has 0 aromatic rings. The number of nitrogens with zero attached hydrogens (tertiary/aromatic N) is 1. The van der Waals surface area contributed by atoms with Crippen LogP contribution in [0.2, 0.25) is 0 Å². The summed E-state index contributed by atoms with van der Waals surface area (Å²) in [6.45, 7) is 4.43. The number of likely N-dealkylation sites (N-methyl/N-ethyl adjacent to an activating group) is 1. The summed E-state index contributed by atoms with van der Waals surface area (Å²) in [5, 5.41) is 11.7. The SMILES string of the molecule is CC/C=C/C=C/C=C/C=C/C=C/C=C/C=C/CCCCCC(=O)OC(COCCC(C(=O)[O-])[N+](C)(C)C)COC(=O)CCCCCCCCCCCC/C=C/C=C/CCCCCC. The first kappa shape index (κ1) is 59.0. The molecule has 0 aliphatic rings. The van der Waals surface area contributed by atoms with Crippen molar-refractivity contribution in [1.29, 1.82) is 0 Å². The molecule has 0 aromatic carbocycles. The summed E-state index contributed by atoms with van der Waals surface area (Å²) >= 11 is 0. The standard InChI is InChI=1S/C55H89NO7/c1-6-8-10-12-14-16-18-20-22-24-26-28-29-31-33-35-37-39-41-43-45-53(57)62-50-51(49-61-48-47-52(55(59)60)56(3,4)5)63-54(58)46-44-42-40-38-36-34-32-30-27-25-23-21-19-17-15-13-11-9-7-2/h9,11,13,15-23,25,27,30,32,34,36,51-52H,6-8,10,12,14,24,26,28-29,31,33,35,37-50H2,1-5H3/b11-9+,15-13+,18-16+,19-17+,22-20+,23-21+,27-25+,32-30+,36-34+. The largest absolute Gasteiger partial charge is 0.544 e. The maximum atomic E-state index is 12.8. The Bertz CT molecular complexity index is 1390. The van der Waals surface area contributed by atoms with Gasteiger partial charge in [0.05, 0.1) is 40.3 Å². The molecule has 2 atom stereocenters. The van der Waals surface area contributed by atoms with Crippen molar-refractivity contribution in [2.24, 2.45) is 0 Å². The Balaban J connectivity index is 4.40. The summed E-state index contributed by atoms with van der Waals surface area (Å²) in [7, 11) is 5.38. The van der Waals surface area contributed by atoms with Crippen molar-refractivity contribution in [3.63, 3.8) is 0 Å². The number of quaternary nitrogens is 1. The molecule has 0 bridgehead atoms. The van der Waals surface area contributed by atoms with E-state index in [1.54, 1.807) is 21.1 Å². The highest BCUT2D eigenvalue weighted by molar-refractivity contribution is 5.70. The fourth-order valence-electron chi connectivity index (χ4n) is 6.57. The third-order valence-electron chi connectivity index (χ3n) is 10.4. The van der Waals surface area contributed by atoms with E-state index >= 15 is 0 Å². The molecule has 0 heterocycles. The lowest BCUT2D eigenvalue weighted by atomic mass is 10.1. The molecule has 0 saturated heterocycles. The number of ether oxygens (including phenoxy) is 3. The topological polar surface area (TPSA) is 102 Å². The number of carboxylic acids is 1. The van der Waals surface area contributed by atoms with Gasteiger partial charge in [-0.25, -0.2) is 0 Å². The summed E-state index contributed by atoms with van der Waals surface area (Å²) in [6, 6.07) is -0.743. The Hall–Kier alpha value is -4.01. The lowest BCUT2D eigenvalue weighted by molar-refractivity contribution is -0.889. The molecule has 0 saturated carbocycles. The van der Waals surface area contributed by atoms with Gasteiger partial charge >= 0.3 is 11.9 Å². The predicted octanol–water partition coefficient (Wildman–Crippen LogP) is 12.7. The van der Waals surface area contributed by atoms with E-state index in [4.69, 9.17) is 14.2 Å². The van der Waals surface area contributed by atoms with Crippen LogP contribution in [-0.4, -0.2) is 75.5 Å². The van der Waals surface area contributed by atoms with Gasteiger partial charge in [-0.2, -0.15) is 0 Å². The van der Waals surface area contributed by atoms with Gasteiger partial charge in [-0.1, -0.05) is 200 Å². The van der Waals surface area contributed by atoms with Gasteiger partial charge in [0.1, 0.15) is 12.6 Å². The molecule has 8 nitrogen and oxygen atoms in total. The molecule has 0 spiro atoms. The number of unbranched alkanes of at least 4 members (excludes halogenated alkanes) is 17. The van der Waals surface area contributed by atoms with Crippen LogP contribution in [0.3, 0.4) is 0 Å². The van der Waals surface area contributed by atoms with Crippen LogP contribution in [0.4, 0.5) is 0 Å². The van der Waals surface area contributed by atoms with Crippen molar-refractivity contribution >= 4 is 17.9 Å². The van der Waals surface area contributed by atoms with Crippen molar-refractivity contribution in [2.75, 3.05) is 41.0 Å². The van der Waals surface area contributed by atoms with Crippen LogP contribution in [-0.2, 0) is 28.6 Å². The van der Waals surface area contributed by atoms with Crippen LogP contribution < -0.4 is 5.11 Å². The summed E-state index contributed by atoms with van der Waals surface area (Å²) in [6.07, 6.45) is 61.1. The second-order valence-corrected chi connectivity index (χ2v) is 17.2. The third kappa shape index (κ3) is 43.0. The lowest BCUT2D eigenvalue weighted by Gasteiger charge is -2.34. The van der Waals surface area contributed by atoms with Crippen LogP contribution in [0.1, 0.15) is 168 Å². The zero-order chi connectivity index (χ0) is 46.3. The average molecular weight is 876 g/mol. The fraction of sp³-hybridized carbons (Fsp3) is 0.618. The number of hydrogen-bond acceptors (Lipinski definition) is 7. The molecule has 0 amide bonds. The normalized spacial score (nSPS) is 13.9. The summed E-state index contributed by atoms with van der Waals surface area (Å²) in [5.41, 5.74) is 0. The third-order valence-corrected chi connectivity index (χ3v) is 10.4. The van der Waals surface area contributed by atoms with Gasteiger partial charge < -0.3 is 28.6 Å². The highest BCUT2D eigenvalue weighted by Gasteiger charge is 2.25. The number of carbonyl (C=O) groups is 3. The van der Waals surface area contributed by atoms with Gasteiger partial charge in [0.25, 0.3) is 0 Å². The minimum absolute atomic E-state index is 0.0134. The van der Waals surface area contributed by atoms with Crippen molar-refractivity contribution in [3.05, 3.63) is 109 Å². The van der Waals surface area contributed by atoms with E-state index in [1.807, 2.05) is 72.9 Å². The quantitative estimate of drug-likeness (QED) is 0.0260. The summed E-state index contributed by atoms with van der Waals surface area (Å²) in [4.78, 5) is 37.0. The fourth-order valence-corrected chi connectivity index (χ4v) is 6.57. The van der Waals surface area contributed by atoms with E-state index in [0.717, 1.165) is 51.4 Å². The van der Waals surface area contributed by atoms with Gasteiger partial charge in [0.15, 0.2) is 6.10 Å². The highest BCUT2D eigenvalue weighted by atomic mass is 16.6. The Labute approximate surface area is 385 Å². The van der Waals surface area contributed by atoms with E-state index < -0.39 is 18.1 Å². The van der Waals surface area contributed by atoms with Crippen LogP contribution >= 0.6 is 0 Å². The van der Waals surface area contributed by atoms with Crippen molar-refractivity contribution < 1.29 is 38.2 Å². The van der Waals surface area contributed by atoms with E-state index in [2.05, 4.69) is 50.3 Å². The van der Waals surface area contributed by atoms with E-state index in [9.17, 15) is 19.5 Å². The minimum Gasteiger partial charge on any atom is -0.544 e. The van der Waals surface area contributed by atoms with Crippen LogP contribution in [0, 0.1) is 0 Å². The predicted molar refractivity (Wildman–Crippen MR) is 263 cm³/mol. The molecule has 0 aliphatic heterocycles. The van der Waals surface area contributed by atoms with Crippen molar-refractivity contribution in [3.8, 4) is 0 Å². The number of carboxylic acid groups (broad SMARTS) is 1. The number of esters is 2. The number of aliphatic carboxylic acids is 1. The van der Waals surface area contributed by atoms with Crippen LogP contribution in [0.15, 0.2) is 109 Å². The first-order chi connectivity index (χ1) is 30.6. The number of carbonyl (C=O) groups excluding carboxylic acids is 3. The van der Waals surface area contributed by atoms with E-state index in [0.29, 0.717) is 12.8 Å². The average Bonchev–Trinajstić information content (AvgIpc) is 3.24. The molecule has 0 N–H and O–H groups in total. The van der Waals surface area contributed by atoms with E-state index in [1.165, 1.54) is 77.0 Å². The maximum Gasteiger partial charge on any atom is 0.306 e. The molecular formula is C55H89NO7. The second-order valence-electron chi connectivity index (χ2n) is 17.2. The minimum atomic E-state index is -1.14. The number of rotatable bonds is 42. The Morgan fingerprint density at radius 3 is 1.35 bits per heavy atom. The first-order valence-corrected chi connectivity index (χ1v) is 24.5. The molecule has 0 rings (SSSR count). The van der Waals surface area contributed by atoms with Gasteiger partial charge in [-0.15, -0.1) is 0 Å². The molecule has 8 heteroatoms. The zero-order valence-corrected chi connectivity index (χ0v) is 40.4. The Morgan fingerprint density at radius 2 is 0.889 bits per heavy atom. The maximum absolute atomic E-state index is 12.8. The Kier molecular flexibility index (Phi) is 41.8. The van der Waals surface area contributed by atoms with Gasteiger partial charge in [0, 0.05) is 19.3 Å². The molecular weight excluding hydrogens is 787 g/mol. The second kappa shape index (κ2) is 44.6. The van der Waals surface area contributed by atoms with Crippen LogP contribution in [0.5, 0.6) is 0 Å². The summed E-state index contributed by atoms with van der Waals surface area (Å²) in [5.74, 6) is -1.81. The van der Waals surface area contributed by atoms with Crippen LogP contribution in [0.25, 0.3) is 0 Å². The van der Waals surface area contributed by atoms with Crippen molar-refractivity contribution in [1.82, 2.24) is 0 Å². The van der Waals surface area contributed by atoms with Gasteiger partial charge in [-0.3, -0.25) is 9.59 Å².